The average molecular weight is 396 g/mol. The fourth-order valence-corrected chi connectivity index (χ4v) is 3.49. The molecule has 1 aliphatic heterocycles. The van der Waals surface area contributed by atoms with Crippen LogP contribution >= 0.6 is 23.7 Å². The largest absolute Gasteiger partial charge is 0.497 e. The van der Waals surface area contributed by atoms with Gasteiger partial charge in [-0.3, -0.25) is 9.59 Å². The Morgan fingerprint density at radius 3 is 2.58 bits per heavy atom. The summed E-state index contributed by atoms with van der Waals surface area (Å²) in [6.07, 6.45) is 2.06. The molecule has 0 bridgehead atoms. The Hall–Kier alpha value is -2.09. The summed E-state index contributed by atoms with van der Waals surface area (Å²) in [6.45, 7) is 1.81. The van der Waals surface area contributed by atoms with Crippen LogP contribution in [0.15, 0.2) is 36.4 Å². The van der Waals surface area contributed by atoms with E-state index in [9.17, 15) is 9.59 Å². The van der Waals surface area contributed by atoms with Crippen LogP contribution in [0.1, 0.15) is 32.9 Å². The van der Waals surface area contributed by atoms with Crippen molar-refractivity contribution < 1.29 is 14.3 Å². The Labute approximate surface area is 162 Å². The van der Waals surface area contributed by atoms with E-state index in [4.69, 9.17) is 4.74 Å². The summed E-state index contributed by atoms with van der Waals surface area (Å²) in [5.74, 6) is 0.389. The summed E-state index contributed by atoms with van der Waals surface area (Å²) in [5.41, 5.74) is 0.536. The molecule has 0 spiro atoms. The lowest BCUT2D eigenvalue weighted by Crippen LogP contribution is -2.45. The Kier molecular flexibility index (Phi) is 7.44. The van der Waals surface area contributed by atoms with Crippen LogP contribution in [0.25, 0.3) is 0 Å². The normalized spacial score (nSPS) is 16.3. The lowest BCUT2D eigenvalue weighted by Gasteiger charge is -2.23. The zero-order valence-corrected chi connectivity index (χ0v) is 16.0. The molecule has 1 aromatic carbocycles. The second kappa shape index (κ2) is 9.56. The maximum Gasteiger partial charge on any atom is 0.261 e. The maximum atomic E-state index is 12.3. The van der Waals surface area contributed by atoms with Crippen molar-refractivity contribution in [2.45, 2.75) is 18.9 Å². The van der Waals surface area contributed by atoms with E-state index in [0.29, 0.717) is 21.2 Å². The van der Waals surface area contributed by atoms with E-state index < -0.39 is 0 Å². The molecule has 1 saturated heterocycles. The highest BCUT2D eigenvalue weighted by Gasteiger charge is 2.18. The second-order valence-electron chi connectivity index (χ2n) is 5.86. The topological polar surface area (TPSA) is 79.5 Å². The molecule has 0 aliphatic carbocycles. The lowest BCUT2D eigenvalue weighted by molar-refractivity contribution is 0.0934. The fourth-order valence-electron chi connectivity index (χ4n) is 2.69. The number of piperidine rings is 1. The first-order valence-corrected chi connectivity index (χ1v) is 9.04. The SMILES string of the molecule is COc1ccc(C(=O)Nc2ccc(C(=O)N[C@H]3CCCNC3)s2)cc1.Cl. The van der Waals surface area contributed by atoms with Crippen molar-refractivity contribution in [1.82, 2.24) is 10.6 Å². The zero-order chi connectivity index (χ0) is 17.6. The van der Waals surface area contributed by atoms with Crippen LogP contribution in [0.3, 0.4) is 0 Å². The number of hydrogen-bond donors (Lipinski definition) is 3. The van der Waals surface area contributed by atoms with Crippen LogP contribution in [0.4, 0.5) is 5.00 Å². The van der Waals surface area contributed by atoms with Gasteiger partial charge in [-0.25, -0.2) is 0 Å². The minimum atomic E-state index is -0.215. The van der Waals surface area contributed by atoms with Gasteiger partial charge in [0.1, 0.15) is 5.75 Å². The standard InChI is InChI=1S/C18H21N3O3S.ClH/c1-24-14-6-4-12(5-7-14)17(22)21-16-9-8-15(25-16)18(23)20-13-3-2-10-19-11-13;/h4-9,13,19H,2-3,10-11H2,1H3,(H,20,23)(H,21,22);1H/t13-;/m0./s1. The van der Waals surface area contributed by atoms with Gasteiger partial charge in [-0.05, 0) is 55.8 Å². The molecule has 3 rings (SSSR count). The summed E-state index contributed by atoms with van der Waals surface area (Å²) in [7, 11) is 1.58. The highest BCUT2D eigenvalue weighted by Crippen LogP contribution is 2.23. The third kappa shape index (κ3) is 5.20. The Morgan fingerprint density at radius 2 is 1.92 bits per heavy atom. The van der Waals surface area contributed by atoms with Gasteiger partial charge in [0.25, 0.3) is 11.8 Å². The van der Waals surface area contributed by atoms with E-state index in [1.165, 1.54) is 11.3 Å². The number of nitrogens with one attached hydrogen (secondary N) is 3. The first kappa shape index (κ1) is 20.2. The average Bonchev–Trinajstić information content (AvgIpc) is 3.11. The van der Waals surface area contributed by atoms with Crippen molar-refractivity contribution in [3.05, 3.63) is 46.8 Å². The van der Waals surface area contributed by atoms with Crippen molar-refractivity contribution in [2.24, 2.45) is 0 Å². The quantitative estimate of drug-likeness (QED) is 0.727. The van der Waals surface area contributed by atoms with E-state index in [-0.39, 0.29) is 30.3 Å². The van der Waals surface area contributed by atoms with Gasteiger partial charge in [0.15, 0.2) is 0 Å². The highest BCUT2D eigenvalue weighted by atomic mass is 35.5. The maximum absolute atomic E-state index is 12.3. The molecule has 26 heavy (non-hydrogen) atoms. The van der Waals surface area contributed by atoms with E-state index in [2.05, 4.69) is 16.0 Å². The number of benzene rings is 1. The van der Waals surface area contributed by atoms with Gasteiger partial charge in [-0.1, -0.05) is 0 Å². The highest BCUT2D eigenvalue weighted by molar-refractivity contribution is 7.18. The van der Waals surface area contributed by atoms with Crippen molar-refractivity contribution in [1.29, 1.82) is 0 Å². The van der Waals surface area contributed by atoms with E-state index in [0.717, 1.165) is 25.9 Å². The smallest absolute Gasteiger partial charge is 0.261 e. The number of carbonyl (C=O) groups excluding carboxylic acids is 2. The predicted octanol–water partition coefficient (Wildman–Crippen LogP) is 2.91. The summed E-state index contributed by atoms with van der Waals surface area (Å²) >= 11 is 1.27. The number of anilines is 1. The molecule has 0 saturated carbocycles. The first-order valence-electron chi connectivity index (χ1n) is 8.22. The molecule has 140 valence electrons. The van der Waals surface area contributed by atoms with E-state index in [1.807, 2.05) is 0 Å². The number of hydrogen-bond acceptors (Lipinski definition) is 5. The molecule has 3 N–H and O–H groups in total. The molecule has 1 atom stereocenters. The predicted molar refractivity (Wildman–Crippen MR) is 106 cm³/mol. The van der Waals surface area contributed by atoms with Crippen molar-refractivity contribution in [3.63, 3.8) is 0 Å². The summed E-state index contributed by atoms with van der Waals surface area (Å²) < 4.78 is 5.08. The van der Waals surface area contributed by atoms with Crippen LogP contribution in [0, 0.1) is 0 Å². The van der Waals surface area contributed by atoms with Gasteiger partial charge in [-0.2, -0.15) is 0 Å². The number of amides is 2. The van der Waals surface area contributed by atoms with Gasteiger partial charge in [-0.15, -0.1) is 23.7 Å². The van der Waals surface area contributed by atoms with Crippen LogP contribution < -0.4 is 20.7 Å². The number of rotatable bonds is 5. The Bertz CT molecular complexity index is 742. The van der Waals surface area contributed by atoms with Crippen LogP contribution in [0.5, 0.6) is 5.75 Å². The number of ether oxygens (including phenoxy) is 1. The van der Waals surface area contributed by atoms with Gasteiger partial charge in [0.05, 0.1) is 17.0 Å². The van der Waals surface area contributed by atoms with Gasteiger partial charge in [0.2, 0.25) is 0 Å². The van der Waals surface area contributed by atoms with Gasteiger partial charge >= 0.3 is 0 Å². The molecule has 8 heteroatoms. The third-order valence-corrected chi connectivity index (χ3v) is 5.05. The minimum absolute atomic E-state index is 0. The van der Waals surface area contributed by atoms with Crippen LogP contribution in [0.2, 0.25) is 0 Å². The van der Waals surface area contributed by atoms with E-state index in [1.54, 1.807) is 43.5 Å². The monoisotopic (exact) mass is 395 g/mol. The second-order valence-corrected chi connectivity index (χ2v) is 6.95. The number of halogens is 1. The van der Waals surface area contributed by atoms with Gasteiger partial charge in [0, 0.05) is 18.2 Å². The minimum Gasteiger partial charge on any atom is -0.497 e. The molecule has 2 amide bonds. The van der Waals surface area contributed by atoms with Crippen molar-refractivity contribution in [3.8, 4) is 5.75 Å². The molecule has 2 heterocycles. The third-order valence-electron chi connectivity index (χ3n) is 4.05. The zero-order valence-electron chi connectivity index (χ0n) is 14.4. The molecule has 6 nitrogen and oxygen atoms in total. The van der Waals surface area contributed by atoms with Crippen molar-refractivity contribution in [2.75, 3.05) is 25.5 Å². The number of thiophene rings is 1. The fraction of sp³-hybridized carbons (Fsp3) is 0.333. The molecule has 1 fully saturated rings. The first-order chi connectivity index (χ1) is 12.2. The molecule has 0 radical (unpaired) electrons. The van der Waals surface area contributed by atoms with Crippen molar-refractivity contribution >= 4 is 40.6 Å². The molecule has 1 aliphatic rings. The Morgan fingerprint density at radius 1 is 1.15 bits per heavy atom. The number of methoxy groups -OCH3 is 1. The number of carbonyl (C=O) groups is 2. The van der Waals surface area contributed by atoms with Crippen LogP contribution in [-0.2, 0) is 0 Å². The summed E-state index contributed by atoms with van der Waals surface area (Å²) in [5, 5.41) is 9.77. The van der Waals surface area contributed by atoms with E-state index >= 15 is 0 Å². The van der Waals surface area contributed by atoms with Gasteiger partial charge < -0.3 is 20.7 Å². The molecule has 1 aromatic heterocycles. The summed E-state index contributed by atoms with van der Waals surface area (Å²) in [6, 6.07) is 10.5. The summed E-state index contributed by atoms with van der Waals surface area (Å²) in [4.78, 5) is 25.1. The lowest BCUT2D eigenvalue weighted by atomic mass is 10.1. The molecular weight excluding hydrogens is 374 g/mol. The van der Waals surface area contributed by atoms with Crippen LogP contribution in [-0.4, -0.2) is 38.1 Å². The molecular formula is C18H22ClN3O3S. The molecule has 0 unspecified atom stereocenters. The Balaban J connectivity index is 0.00000243. The molecule has 2 aromatic rings.